The monoisotopic (exact) mass is 269 g/mol. The zero-order chi connectivity index (χ0) is 15.7. The summed E-state index contributed by atoms with van der Waals surface area (Å²) in [5.41, 5.74) is 2.04. The maximum atomic E-state index is 10.5. The van der Waals surface area contributed by atoms with E-state index in [4.69, 9.17) is 4.74 Å². The van der Waals surface area contributed by atoms with Crippen LogP contribution in [0.15, 0.2) is 24.3 Å². The number of esters is 1. The van der Waals surface area contributed by atoms with Gasteiger partial charge in [0.05, 0.1) is 0 Å². The lowest BCUT2D eigenvalue weighted by Gasteiger charge is -2.03. The van der Waals surface area contributed by atoms with Crippen molar-refractivity contribution in [1.29, 1.82) is 0 Å². The van der Waals surface area contributed by atoms with E-state index in [1.165, 1.54) is 6.92 Å². The van der Waals surface area contributed by atoms with Crippen molar-refractivity contribution in [3.63, 3.8) is 0 Å². The molecule has 0 spiro atoms. The number of nitrogens with one attached hydrogen (secondary N) is 1. The maximum Gasteiger partial charge on any atom is 0.302 e. The zero-order valence-corrected chi connectivity index (χ0v) is 13.8. The van der Waals surface area contributed by atoms with Gasteiger partial charge in [-0.2, -0.15) is 0 Å². The Bertz CT molecular complexity index is 281. The predicted molar refractivity (Wildman–Crippen MR) is 85.5 cm³/mol. The van der Waals surface area contributed by atoms with Crippen LogP contribution in [-0.2, 0) is 16.1 Å². The lowest BCUT2D eigenvalue weighted by Crippen LogP contribution is -1.98. The van der Waals surface area contributed by atoms with E-state index in [2.05, 4.69) is 5.32 Å². The molecule has 0 saturated heterocycles. The lowest BCUT2D eigenvalue weighted by atomic mass is 10.2. The Hall–Kier alpha value is -1.51. The number of anilines is 1. The summed E-state index contributed by atoms with van der Waals surface area (Å²) < 4.78 is 4.84. The molecular weight excluding hydrogens is 238 g/mol. The van der Waals surface area contributed by atoms with Crippen molar-refractivity contribution in [2.24, 2.45) is 0 Å². The minimum absolute atomic E-state index is 0.252. The quantitative estimate of drug-likeness (QED) is 0.795. The highest BCUT2D eigenvalue weighted by molar-refractivity contribution is 5.65. The van der Waals surface area contributed by atoms with Gasteiger partial charge in [0.15, 0.2) is 0 Å². The standard InChI is InChI=1S/C10H13NO2.3C2H6/c1-8(12)13-7-9-3-5-10(11-2)6-4-9;3*1-2/h3-6,11H,7H2,1-2H3;3*1-2H3. The number of ether oxygens (including phenoxy) is 1. The molecule has 3 heteroatoms. The summed E-state index contributed by atoms with van der Waals surface area (Å²) in [7, 11) is 1.86. The molecule has 0 aliphatic carbocycles. The van der Waals surface area contributed by atoms with Gasteiger partial charge in [-0.15, -0.1) is 0 Å². The zero-order valence-electron chi connectivity index (χ0n) is 13.8. The number of carbonyl (C=O) groups excluding carboxylic acids is 1. The fourth-order valence-corrected chi connectivity index (χ4v) is 0.953. The summed E-state index contributed by atoms with van der Waals surface area (Å²) in [6.45, 7) is 13.8. The molecule has 0 saturated carbocycles. The minimum Gasteiger partial charge on any atom is -0.461 e. The molecule has 19 heavy (non-hydrogen) atoms. The fourth-order valence-electron chi connectivity index (χ4n) is 0.953. The molecule has 0 bridgehead atoms. The van der Waals surface area contributed by atoms with E-state index in [9.17, 15) is 4.79 Å². The van der Waals surface area contributed by atoms with Gasteiger partial charge in [-0.25, -0.2) is 0 Å². The van der Waals surface area contributed by atoms with E-state index in [1.807, 2.05) is 72.9 Å². The summed E-state index contributed by atoms with van der Waals surface area (Å²) in [5.74, 6) is -0.252. The second-order valence-corrected chi connectivity index (χ2v) is 2.73. The molecule has 0 heterocycles. The van der Waals surface area contributed by atoms with Crippen molar-refractivity contribution in [1.82, 2.24) is 0 Å². The highest BCUT2D eigenvalue weighted by atomic mass is 16.5. The molecule has 0 unspecified atom stereocenters. The van der Waals surface area contributed by atoms with E-state index in [-0.39, 0.29) is 5.97 Å². The molecule has 3 nitrogen and oxygen atoms in total. The van der Waals surface area contributed by atoms with Crippen molar-refractivity contribution in [2.75, 3.05) is 12.4 Å². The van der Waals surface area contributed by atoms with Gasteiger partial charge in [0, 0.05) is 19.7 Å². The van der Waals surface area contributed by atoms with Crippen LogP contribution in [0.25, 0.3) is 0 Å². The van der Waals surface area contributed by atoms with Gasteiger partial charge in [-0.3, -0.25) is 4.79 Å². The highest BCUT2D eigenvalue weighted by Crippen LogP contribution is 2.09. The highest BCUT2D eigenvalue weighted by Gasteiger charge is 1.95. The summed E-state index contributed by atoms with van der Waals surface area (Å²) in [6.07, 6.45) is 0. The van der Waals surface area contributed by atoms with Crippen LogP contribution in [0.2, 0.25) is 0 Å². The normalized spacial score (nSPS) is 7.37. The molecule has 0 radical (unpaired) electrons. The SMILES string of the molecule is CC.CC.CC.CNc1ccc(COC(C)=O)cc1. The fraction of sp³-hybridized carbons (Fsp3) is 0.562. The molecule has 0 aliphatic heterocycles. The molecule has 1 rings (SSSR count). The van der Waals surface area contributed by atoms with E-state index in [0.717, 1.165) is 11.3 Å². The first-order valence-electron chi connectivity index (χ1n) is 7.12. The van der Waals surface area contributed by atoms with Crippen LogP contribution in [0.4, 0.5) is 5.69 Å². The van der Waals surface area contributed by atoms with Crippen LogP contribution in [0, 0.1) is 0 Å². The minimum atomic E-state index is -0.252. The number of hydrogen-bond donors (Lipinski definition) is 1. The van der Waals surface area contributed by atoms with Gasteiger partial charge in [0.2, 0.25) is 0 Å². The van der Waals surface area contributed by atoms with Crippen LogP contribution >= 0.6 is 0 Å². The molecule has 0 aliphatic rings. The van der Waals surface area contributed by atoms with Gasteiger partial charge < -0.3 is 10.1 Å². The van der Waals surface area contributed by atoms with Gasteiger partial charge in [-0.05, 0) is 17.7 Å². The first-order valence-corrected chi connectivity index (χ1v) is 7.12. The molecule has 1 aromatic carbocycles. The van der Waals surface area contributed by atoms with Crippen LogP contribution in [0.1, 0.15) is 54.0 Å². The van der Waals surface area contributed by atoms with Gasteiger partial charge in [0.25, 0.3) is 0 Å². The van der Waals surface area contributed by atoms with Crippen LogP contribution in [0.5, 0.6) is 0 Å². The van der Waals surface area contributed by atoms with Crippen LogP contribution < -0.4 is 5.32 Å². The number of carbonyl (C=O) groups is 1. The Balaban J connectivity index is -0.000000375. The molecule has 0 atom stereocenters. The Morgan fingerprint density at radius 1 is 1.00 bits per heavy atom. The molecule has 112 valence electrons. The van der Waals surface area contributed by atoms with Crippen LogP contribution in [0.3, 0.4) is 0 Å². The largest absolute Gasteiger partial charge is 0.461 e. The van der Waals surface area contributed by atoms with Gasteiger partial charge in [0.1, 0.15) is 6.61 Å². The summed E-state index contributed by atoms with van der Waals surface area (Å²) in [5, 5.41) is 3.01. The molecule has 0 aromatic heterocycles. The van der Waals surface area contributed by atoms with Crippen molar-refractivity contribution in [2.45, 2.75) is 55.1 Å². The number of hydrogen-bond acceptors (Lipinski definition) is 3. The first kappa shape index (κ1) is 22.7. The second kappa shape index (κ2) is 18.8. The molecule has 1 N–H and O–H groups in total. The van der Waals surface area contributed by atoms with Crippen molar-refractivity contribution in [3.8, 4) is 0 Å². The van der Waals surface area contributed by atoms with Crippen molar-refractivity contribution < 1.29 is 9.53 Å². The predicted octanol–water partition coefficient (Wildman–Crippen LogP) is 4.87. The van der Waals surface area contributed by atoms with Crippen LogP contribution in [-0.4, -0.2) is 13.0 Å². The third-order valence-electron chi connectivity index (χ3n) is 1.68. The van der Waals surface area contributed by atoms with E-state index < -0.39 is 0 Å². The van der Waals surface area contributed by atoms with Gasteiger partial charge >= 0.3 is 5.97 Å². The van der Waals surface area contributed by atoms with Crippen molar-refractivity contribution >= 4 is 11.7 Å². The third-order valence-corrected chi connectivity index (χ3v) is 1.68. The average molecular weight is 269 g/mol. The Morgan fingerprint density at radius 3 is 1.74 bits per heavy atom. The first-order chi connectivity index (χ1) is 9.22. The van der Waals surface area contributed by atoms with Gasteiger partial charge in [-0.1, -0.05) is 53.7 Å². The third kappa shape index (κ3) is 14.4. The summed E-state index contributed by atoms with van der Waals surface area (Å²) in [6, 6.07) is 7.74. The van der Waals surface area contributed by atoms with E-state index >= 15 is 0 Å². The number of rotatable bonds is 3. The molecular formula is C16H31NO2. The molecule has 1 aromatic rings. The lowest BCUT2D eigenvalue weighted by molar-refractivity contribution is -0.142. The summed E-state index contributed by atoms with van der Waals surface area (Å²) >= 11 is 0. The Kier molecular flexibility index (Phi) is 22.5. The van der Waals surface area contributed by atoms with E-state index in [0.29, 0.717) is 6.61 Å². The maximum absolute atomic E-state index is 10.5. The van der Waals surface area contributed by atoms with E-state index in [1.54, 1.807) is 0 Å². The Morgan fingerprint density at radius 2 is 1.42 bits per heavy atom. The summed E-state index contributed by atoms with van der Waals surface area (Å²) in [4.78, 5) is 10.5. The smallest absolute Gasteiger partial charge is 0.302 e. The topological polar surface area (TPSA) is 38.3 Å². The second-order valence-electron chi connectivity index (χ2n) is 2.73. The average Bonchev–Trinajstić information content (AvgIpc) is 2.51. The number of benzene rings is 1. The molecule has 0 fully saturated rings. The molecule has 0 amide bonds. The Labute approximate surface area is 119 Å². The van der Waals surface area contributed by atoms with Crippen molar-refractivity contribution in [3.05, 3.63) is 29.8 Å².